The Morgan fingerprint density at radius 2 is 0.766 bits per heavy atom. The molecule has 8 atom stereocenters. The predicted octanol–water partition coefficient (Wildman–Crippen LogP) is 21.1. The SMILES string of the molecule is CC/C=C\C/C=C\C/C=C\C/C=C\C/C=C\CCCCCCCCCCCCCC(=O)OC1C(OCC(NC(=O)C(O)CCCCCCCCCCCCCCC/C=C\C/C=C\C/C=C\CCCCC)C(O)/C=C/CCCCCCCCCCCC)OC(CO)C(O)C1O. The van der Waals surface area contributed by atoms with Gasteiger partial charge in [0.25, 0.3) is 0 Å². The molecule has 0 aromatic carbocycles. The van der Waals surface area contributed by atoms with Gasteiger partial charge in [0.2, 0.25) is 5.91 Å². The van der Waals surface area contributed by atoms with Gasteiger partial charge in [0.1, 0.15) is 24.4 Å². The second-order valence-electron chi connectivity index (χ2n) is 26.7. The zero-order chi connectivity index (χ0) is 68.1. The summed E-state index contributed by atoms with van der Waals surface area (Å²) in [6.45, 7) is 5.69. The number of ether oxygens (including phenoxy) is 3. The molecule has 0 bridgehead atoms. The van der Waals surface area contributed by atoms with Gasteiger partial charge in [-0.2, -0.15) is 0 Å². The molecule has 11 heteroatoms. The van der Waals surface area contributed by atoms with Crippen LogP contribution in [0.5, 0.6) is 0 Å². The number of esters is 1. The highest BCUT2D eigenvalue weighted by Crippen LogP contribution is 2.26. The van der Waals surface area contributed by atoms with E-state index < -0.39 is 67.4 Å². The Balaban J connectivity index is 2.51. The highest BCUT2D eigenvalue weighted by molar-refractivity contribution is 5.80. The van der Waals surface area contributed by atoms with Crippen molar-refractivity contribution in [3.05, 3.63) is 109 Å². The molecule has 1 heterocycles. The molecule has 0 aromatic heterocycles. The number of amides is 1. The van der Waals surface area contributed by atoms with Crippen LogP contribution in [0.3, 0.4) is 0 Å². The molecular formula is C83H145NO10. The summed E-state index contributed by atoms with van der Waals surface area (Å²) in [5.74, 6) is -1.19. The molecular weight excluding hydrogens is 1170 g/mol. The van der Waals surface area contributed by atoms with E-state index in [9.17, 15) is 35.1 Å². The lowest BCUT2D eigenvalue weighted by Crippen LogP contribution is -2.61. The molecule has 0 aliphatic carbocycles. The number of unbranched alkanes of at least 4 members (excludes halogenated alkanes) is 37. The molecule has 1 aliphatic rings. The Morgan fingerprint density at radius 3 is 1.17 bits per heavy atom. The number of carbonyl (C=O) groups excluding carboxylic acids is 2. The van der Waals surface area contributed by atoms with E-state index >= 15 is 0 Å². The Bertz CT molecular complexity index is 1950. The van der Waals surface area contributed by atoms with Crippen molar-refractivity contribution in [2.75, 3.05) is 13.2 Å². The third-order valence-corrected chi connectivity index (χ3v) is 17.9. The second kappa shape index (κ2) is 69.2. The van der Waals surface area contributed by atoms with Crippen LogP contribution in [0.15, 0.2) is 109 Å². The fraction of sp³-hybridized carbons (Fsp3) is 0.759. The number of hydrogen-bond donors (Lipinski definition) is 6. The number of carbonyl (C=O) groups is 2. The molecule has 1 rings (SSSR count). The summed E-state index contributed by atoms with van der Waals surface area (Å²) in [6, 6.07) is -1.03. The summed E-state index contributed by atoms with van der Waals surface area (Å²) >= 11 is 0. The van der Waals surface area contributed by atoms with Gasteiger partial charge in [-0.3, -0.25) is 9.59 Å². The first-order valence-corrected chi connectivity index (χ1v) is 39.2. The van der Waals surface area contributed by atoms with Crippen molar-refractivity contribution in [2.24, 2.45) is 0 Å². The molecule has 6 N–H and O–H groups in total. The third-order valence-electron chi connectivity index (χ3n) is 17.9. The van der Waals surface area contributed by atoms with Crippen LogP contribution in [0.4, 0.5) is 0 Å². The largest absolute Gasteiger partial charge is 0.454 e. The zero-order valence-corrected chi connectivity index (χ0v) is 60.6. The fourth-order valence-corrected chi connectivity index (χ4v) is 11.8. The molecule has 0 aromatic rings. The van der Waals surface area contributed by atoms with Gasteiger partial charge in [0.05, 0.1) is 25.4 Å². The Hall–Kier alpha value is -3.68. The monoisotopic (exact) mass is 1320 g/mol. The van der Waals surface area contributed by atoms with Gasteiger partial charge in [-0.25, -0.2) is 0 Å². The van der Waals surface area contributed by atoms with Crippen LogP contribution >= 0.6 is 0 Å². The minimum Gasteiger partial charge on any atom is -0.454 e. The first-order valence-electron chi connectivity index (χ1n) is 39.2. The molecule has 1 saturated heterocycles. The molecule has 11 nitrogen and oxygen atoms in total. The molecule has 0 saturated carbocycles. The summed E-state index contributed by atoms with van der Waals surface area (Å²) in [5, 5.41) is 57.4. The minimum absolute atomic E-state index is 0.116. The normalized spacial score (nSPS) is 18.4. The summed E-state index contributed by atoms with van der Waals surface area (Å²) < 4.78 is 17.7. The van der Waals surface area contributed by atoms with E-state index in [4.69, 9.17) is 14.2 Å². The average Bonchev–Trinajstić information content (AvgIpc) is 0.814. The first-order chi connectivity index (χ1) is 46.2. The van der Waals surface area contributed by atoms with Crippen LogP contribution in [0.2, 0.25) is 0 Å². The Kier molecular flexibility index (Phi) is 65.1. The predicted molar refractivity (Wildman–Crippen MR) is 398 cm³/mol. The van der Waals surface area contributed by atoms with Crippen LogP contribution in [0.25, 0.3) is 0 Å². The summed E-state index contributed by atoms with van der Waals surface area (Å²) in [4.78, 5) is 26.8. The van der Waals surface area contributed by atoms with E-state index in [0.717, 1.165) is 109 Å². The molecule has 1 amide bonds. The van der Waals surface area contributed by atoms with Crippen LogP contribution < -0.4 is 5.32 Å². The van der Waals surface area contributed by atoms with E-state index in [1.807, 2.05) is 6.08 Å². The Morgan fingerprint density at radius 1 is 0.426 bits per heavy atom. The highest BCUT2D eigenvalue weighted by atomic mass is 16.7. The number of hydrogen-bond acceptors (Lipinski definition) is 10. The van der Waals surface area contributed by atoms with Crippen molar-refractivity contribution in [3.8, 4) is 0 Å². The second-order valence-corrected chi connectivity index (χ2v) is 26.7. The lowest BCUT2D eigenvalue weighted by molar-refractivity contribution is -0.305. The number of rotatable bonds is 67. The Labute approximate surface area is 577 Å². The topological polar surface area (TPSA) is 175 Å². The highest BCUT2D eigenvalue weighted by Gasteiger charge is 2.47. The smallest absolute Gasteiger partial charge is 0.306 e. The van der Waals surface area contributed by atoms with Gasteiger partial charge in [0, 0.05) is 6.42 Å². The summed E-state index contributed by atoms with van der Waals surface area (Å²) in [5.41, 5.74) is 0. The molecule has 1 fully saturated rings. The number of aliphatic hydroxyl groups excluding tert-OH is 5. The van der Waals surface area contributed by atoms with Crippen molar-refractivity contribution < 1.29 is 49.3 Å². The van der Waals surface area contributed by atoms with Crippen LogP contribution in [0, 0.1) is 0 Å². The van der Waals surface area contributed by atoms with Gasteiger partial charge in [0.15, 0.2) is 12.4 Å². The molecule has 542 valence electrons. The van der Waals surface area contributed by atoms with E-state index in [0.29, 0.717) is 12.8 Å². The maximum atomic E-state index is 13.5. The van der Waals surface area contributed by atoms with Crippen LogP contribution in [-0.4, -0.2) is 99.6 Å². The van der Waals surface area contributed by atoms with Crippen molar-refractivity contribution >= 4 is 11.9 Å². The molecule has 1 aliphatic heterocycles. The van der Waals surface area contributed by atoms with Crippen molar-refractivity contribution in [2.45, 2.75) is 391 Å². The molecule has 0 radical (unpaired) electrons. The van der Waals surface area contributed by atoms with Gasteiger partial charge < -0.3 is 45.1 Å². The minimum atomic E-state index is -1.62. The van der Waals surface area contributed by atoms with Gasteiger partial charge in [-0.05, 0) is 109 Å². The zero-order valence-electron chi connectivity index (χ0n) is 60.6. The van der Waals surface area contributed by atoms with E-state index in [1.54, 1.807) is 6.08 Å². The standard InChI is InChI=1S/C83H145NO10/c1-4-7-10-13-16-19-22-25-27-29-31-33-35-37-39-41-43-45-47-49-51-53-56-59-62-65-68-71-78(88)94-81-80(90)79(89)77(72-85)93-83(81)92-73-74(75(86)69-66-63-60-57-54-24-21-18-15-12-9-6-3)84-82(91)76(87)70-67-64-61-58-55-52-50-48-46-44-42-40-38-36-34-32-30-28-26-23-20-17-14-11-8-5-2/h7,10,16-17,19-20,25-28,31-34,37,39,66,69,74-77,79-81,83,85-87,89-90H,4-6,8-9,11-15,18,21-24,29-30,35-36,38,40-65,67-68,70-73H2,1-3H3,(H,84,91)/b10-7-,19-16-,20-17-,27-25-,28-26-,33-31-,34-32-,39-37-,69-66+. The van der Waals surface area contributed by atoms with Crippen molar-refractivity contribution in [1.29, 1.82) is 0 Å². The third kappa shape index (κ3) is 55.3. The molecule has 8 unspecified atom stereocenters. The molecule has 0 spiro atoms. The van der Waals surface area contributed by atoms with Gasteiger partial charge in [-0.1, -0.05) is 336 Å². The summed E-state index contributed by atoms with van der Waals surface area (Å²) in [6.07, 6.45) is 85.6. The molecule has 94 heavy (non-hydrogen) atoms. The maximum absolute atomic E-state index is 13.5. The van der Waals surface area contributed by atoms with Gasteiger partial charge >= 0.3 is 5.97 Å². The number of nitrogens with one attached hydrogen (secondary N) is 1. The van der Waals surface area contributed by atoms with E-state index in [-0.39, 0.29) is 19.4 Å². The van der Waals surface area contributed by atoms with E-state index in [1.165, 1.54) is 186 Å². The maximum Gasteiger partial charge on any atom is 0.306 e. The number of aliphatic hydroxyl groups is 5. The lowest BCUT2D eigenvalue weighted by Gasteiger charge is -2.41. The van der Waals surface area contributed by atoms with Crippen molar-refractivity contribution in [3.63, 3.8) is 0 Å². The van der Waals surface area contributed by atoms with Gasteiger partial charge in [-0.15, -0.1) is 0 Å². The lowest BCUT2D eigenvalue weighted by atomic mass is 9.99. The fourth-order valence-electron chi connectivity index (χ4n) is 11.8. The average molecular weight is 1320 g/mol. The summed E-state index contributed by atoms with van der Waals surface area (Å²) in [7, 11) is 0. The quantitative estimate of drug-likeness (QED) is 0.0195. The van der Waals surface area contributed by atoms with Crippen LogP contribution in [-0.2, 0) is 23.8 Å². The first kappa shape index (κ1) is 88.3. The van der Waals surface area contributed by atoms with Crippen LogP contribution in [0.1, 0.15) is 342 Å². The van der Waals surface area contributed by atoms with Crippen molar-refractivity contribution in [1.82, 2.24) is 5.32 Å². The number of allylic oxidation sites excluding steroid dienone is 17. The van der Waals surface area contributed by atoms with E-state index in [2.05, 4.69) is 123 Å².